The molecule has 96 valence electrons. The van der Waals surface area contributed by atoms with Crippen molar-refractivity contribution in [2.45, 2.75) is 25.8 Å². The zero-order chi connectivity index (χ0) is 11.4. The van der Waals surface area contributed by atoms with E-state index < -0.39 is 0 Å². The highest BCUT2D eigenvalue weighted by Crippen LogP contribution is 2.23. The molecule has 1 aliphatic rings. The van der Waals surface area contributed by atoms with Crippen molar-refractivity contribution < 1.29 is 0 Å². The third kappa shape index (κ3) is 3.58. The summed E-state index contributed by atoms with van der Waals surface area (Å²) in [6, 6.07) is 4.76. The predicted molar refractivity (Wildman–Crippen MR) is 74.9 cm³/mol. The first-order valence-corrected chi connectivity index (χ1v) is 6.12. The van der Waals surface area contributed by atoms with Gasteiger partial charge in [0.05, 0.1) is 0 Å². The number of pyridine rings is 1. The minimum Gasteiger partial charge on any atom is -0.372 e. The van der Waals surface area contributed by atoms with Crippen molar-refractivity contribution in [2.75, 3.05) is 25.0 Å². The van der Waals surface area contributed by atoms with Gasteiger partial charge < -0.3 is 10.2 Å². The fraction of sp³-hybridized carbons (Fsp3) is 0.615. The van der Waals surface area contributed by atoms with Gasteiger partial charge in [-0.05, 0) is 50.9 Å². The van der Waals surface area contributed by atoms with Gasteiger partial charge in [0.1, 0.15) is 0 Å². The monoisotopic (exact) mass is 255 g/mol. The molecule has 1 aromatic rings. The van der Waals surface area contributed by atoms with E-state index in [1.807, 2.05) is 12.4 Å². The first-order valence-electron chi connectivity index (χ1n) is 6.12. The molecule has 0 amide bonds. The lowest BCUT2D eigenvalue weighted by molar-refractivity contribution is 0.324. The Hall–Kier alpha value is -0.800. The van der Waals surface area contributed by atoms with E-state index in [-0.39, 0.29) is 12.4 Å². The summed E-state index contributed by atoms with van der Waals surface area (Å²) in [5.41, 5.74) is 1.26. The molecule has 1 unspecified atom stereocenters. The van der Waals surface area contributed by atoms with Gasteiger partial charge in [-0.3, -0.25) is 4.98 Å². The maximum Gasteiger partial charge on any atom is 0.0396 e. The third-order valence-corrected chi connectivity index (χ3v) is 3.75. The second-order valence-corrected chi connectivity index (χ2v) is 4.64. The topological polar surface area (TPSA) is 28.2 Å². The van der Waals surface area contributed by atoms with Gasteiger partial charge in [-0.15, -0.1) is 12.4 Å². The number of hydrogen-bond donors (Lipinski definition) is 1. The van der Waals surface area contributed by atoms with Crippen molar-refractivity contribution in [1.82, 2.24) is 10.3 Å². The summed E-state index contributed by atoms with van der Waals surface area (Å²) in [6.45, 7) is 4.66. The first-order chi connectivity index (χ1) is 7.79. The van der Waals surface area contributed by atoms with Gasteiger partial charge in [0.2, 0.25) is 0 Å². The molecular weight excluding hydrogens is 234 g/mol. The Balaban J connectivity index is 0.00000144. The van der Waals surface area contributed by atoms with Crippen LogP contribution in [-0.4, -0.2) is 31.2 Å². The van der Waals surface area contributed by atoms with Gasteiger partial charge >= 0.3 is 0 Å². The van der Waals surface area contributed by atoms with Crippen LogP contribution in [0.5, 0.6) is 0 Å². The number of anilines is 1. The second kappa shape index (κ2) is 6.82. The minimum atomic E-state index is 0. The predicted octanol–water partition coefficient (Wildman–Crippen LogP) is 2.33. The molecule has 17 heavy (non-hydrogen) atoms. The van der Waals surface area contributed by atoms with Crippen molar-refractivity contribution in [3.05, 3.63) is 24.5 Å². The van der Waals surface area contributed by atoms with E-state index in [1.54, 1.807) is 0 Å². The number of nitrogens with zero attached hydrogens (tertiary/aromatic N) is 2. The zero-order valence-electron chi connectivity index (χ0n) is 10.6. The Labute approximate surface area is 110 Å². The fourth-order valence-corrected chi connectivity index (χ4v) is 2.46. The Kier molecular flexibility index (Phi) is 5.72. The Morgan fingerprint density at radius 1 is 1.29 bits per heavy atom. The number of nitrogens with one attached hydrogen (secondary N) is 1. The SMILES string of the molecule is CC(C1CCNCC1)N(C)c1ccncc1.Cl. The van der Waals surface area contributed by atoms with E-state index in [2.05, 4.69) is 41.3 Å². The molecule has 1 aliphatic heterocycles. The summed E-state index contributed by atoms with van der Waals surface area (Å²) >= 11 is 0. The molecule has 1 atom stereocenters. The normalized spacial score (nSPS) is 18.2. The molecule has 1 fully saturated rings. The van der Waals surface area contributed by atoms with E-state index in [4.69, 9.17) is 0 Å². The van der Waals surface area contributed by atoms with E-state index in [1.165, 1.54) is 31.6 Å². The second-order valence-electron chi connectivity index (χ2n) is 4.64. The molecule has 2 rings (SSSR count). The van der Waals surface area contributed by atoms with E-state index in [9.17, 15) is 0 Å². The number of piperidine rings is 1. The molecule has 1 saturated heterocycles. The number of hydrogen-bond acceptors (Lipinski definition) is 3. The maximum atomic E-state index is 4.06. The van der Waals surface area contributed by atoms with Crippen molar-refractivity contribution in [1.29, 1.82) is 0 Å². The van der Waals surface area contributed by atoms with Crippen molar-refractivity contribution in [3.63, 3.8) is 0 Å². The van der Waals surface area contributed by atoms with Crippen molar-refractivity contribution >= 4 is 18.1 Å². The molecule has 4 heteroatoms. The Morgan fingerprint density at radius 2 is 1.88 bits per heavy atom. The average Bonchev–Trinajstić information content (AvgIpc) is 2.39. The van der Waals surface area contributed by atoms with Crippen LogP contribution in [0.1, 0.15) is 19.8 Å². The highest BCUT2D eigenvalue weighted by atomic mass is 35.5. The molecule has 0 aliphatic carbocycles. The Morgan fingerprint density at radius 3 is 2.47 bits per heavy atom. The molecule has 0 aromatic carbocycles. The average molecular weight is 256 g/mol. The quantitative estimate of drug-likeness (QED) is 0.899. The van der Waals surface area contributed by atoms with E-state index >= 15 is 0 Å². The van der Waals surface area contributed by atoms with E-state index in [0.717, 1.165) is 5.92 Å². The molecule has 1 N–H and O–H groups in total. The standard InChI is InChI=1S/C13H21N3.ClH/c1-11(12-3-7-14-8-4-12)16(2)13-5-9-15-10-6-13;/h5-6,9-12,14H,3-4,7-8H2,1-2H3;1H. The number of rotatable bonds is 3. The highest BCUT2D eigenvalue weighted by molar-refractivity contribution is 5.85. The van der Waals surface area contributed by atoms with Crippen LogP contribution in [0.15, 0.2) is 24.5 Å². The molecule has 0 saturated carbocycles. The Bertz CT molecular complexity index is 312. The molecule has 2 heterocycles. The maximum absolute atomic E-state index is 4.06. The zero-order valence-corrected chi connectivity index (χ0v) is 11.4. The fourth-order valence-electron chi connectivity index (χ4n) is 2.46. The summed E-state index contributed by atoms with van der Waals surface area (Å²) in [4.78, 5) is 6.44. The summed E-state index contributed by atoms with van der Waals surface area (Å²) in [5, 5.41) is 3.42. The molecule has 0 spiro atoms. The van der Waals surface area contributed by atoms with Gasteiger partial charge in [0, 0.05) is 31.2 Å². The van der Waals surface area contributed by atoms with Crippen LogP contribution >= 0.6 is 12.4 Å². The first kappa shape index (κ1) is 14.3. The van der Waals surface area contributed by atoms with Gasteiger partial charge in [0.25, 0.3) is 0 Å². The minimum absolute atomic E-state index is 0. The van der Waals surface area contributed by atoms with Gasteiger partial charge in [-0.25, -0.2) is 0 Å². The lowest BCUT2D eigenvalue weighted by Gasteiger charge is -2.35. The summed E-state index contributed by atoms with van der Waals surface area (Å²) in [5.74, 6) is 0.805. The van der Waals surface area contributed by atoms with Crippen LogP contribution < -0.4 is 10.2 Å². The van der Waals surface area contributed by atoms with Crippen molar-refractivity contribution in [2.24, 2.45) is 5.92 Å². The molecule has 0 bridgehead atoms. The van der Waals surface area contributed by atoms with Crippen molar-refractivity contribution in [3.8, 4) is 0 Å². The largest absolute Gasteiger partial charge is 0.372 e. The third-order valence-electron chi connectivity index (χ3n) is 3.75. The molecule has 0 radical (unpaired) electrons. The highest BCUT2D eigenvalue weighted by Gasteiger charge is 2.22. The lowest BCUT2D eigenvalue weighted by Crippen LogP contribution is -2.41. The van der Waals surface area contributed by atoms with Crippen LogP contribution in [0.4, 0.5) is 5.69 Å². The number of halogens is 1. The summed E-state index contributed by atoms with van der Waals surface area (Å²) < 4.78 is 0. The van der Waals surface area contributed by atoms with Crippen LogP contribution in [0, 0.1) is 5.92 Å². The molecule has 3 nitrogen and oxygen atoms in total. The smallest absolute Gasteiger partial charge is 0.0396 e. The number of aromatic nitrogens is 1. The van der Waals surface area contributed by atoms with Gasteiger partial charge in [-0.2, -0.15) is 0 Å². The lowest BCUT2D eigenvalue weighted by atomic mass is 9.90. The summed E-state index contributed by atoms with van der Waals surface area (Å²) in [7, 11) is 2.18. The van der Waals surface area contributed by atoms with Crippen LogP contribution in [0.25, 0.3) is 0 Å². The summed E-state index contributed by atoms with van der Waals surface area (Å²) in [6.07, 6.45) is 6.30. The molecule has 1 aromatic heterocycles. The molecular formula is C13H22ClN3. The van der Waals surface area contributed by atoms with Gasteiger partial charge in [-0.1, -0.05) is 0 Å². The van der Waals surface area contributed by atoms with Crippen LogP contribution in [0.3, 0.4) is 0 Å². The van der Waals surface area contributed by atoms with Crippen LogP contribution in [-0.2, 0) is 0 Å². The van der Waals surface area contributed by atoms with Gasteiger partial charge in [0.15, 0.2) is 0 Å². The van der Waals surface area contributed by atoms with Crippen LogP contribution in [0.2, 0.25) is 0 Å². The van der Waals surface area contributed by atoms with E-state index in [0.29, 0.717) is 6.04 Å².